The first-order valence-electron chi connectivity index (χ1n) is 4.98. The van der Waals surface area contributed by atoms with Gasteiger partial charge in [0.15, 0.2) is 11.6 Å². The van der Waals surface area contributed by atoms with Gasteiger partial charge in [-0.25, -0.2) is 4.98 Å². The molecule has 1 aromatic carbocycles. The molecule has 0 aliphatic carbocycles. The molecule has 2 heterocycles. The van der Waals surface area contributed by atoms with Crippen LogP contribution in [-0.4, -0.2) is 15.1 Å². The van der Waals surface area contributed by atoms with Crippen LogP contribution in [0.5, 0.6) is 0 Å². The minimum Gasteiger partial charge on any atom is -0.461 e. The van der Waals surface area contributed by atoms with Gasteiger partial charge in [0.05, 0.1) is 28.1 Å². The summed E-state index contributed by atoms with van der Waals surface area (Å²) in [5.41, 5.74) is 2.50. The van der Waals surface area contributed by atoms with Gasteiger partial charge in [-0.15, -0.1) is 0 Å². The zero-order valence-electron chi connectivity index (χ0n) is 8.68. The Balaban J connectivity index is 2.16. The summed E-state index contributed by atoms with van der Waals surface area (Å²) < 4.78 is 5.28. The fraction of sp³-hybridized carbons (Fsp3) is 0. The lowest BCUT2D eigenvalue weighted by molar-refractivity contribution is 0.578. The highest BCUT2D eigenvalue weighted by Crippen LogP contribution is 2.23. The van der Waals surface area contributed by atoms with Crippen molar-refractivity contribution in [2.24, 2.45) is 4.99 Å². The molecule has 4 nitrogen and oxygen atoms in total. The van der Waals surface area contributed by atoms with Crippen LogP contribution in [0.25, 0.3) is 22.6 Å². The number of hydrogen-bond acceptors (Lipinski definition) is 4. The second-order valence-electron chi connectivity index (χ2n) is 3.47. The average Bonchev–Trinajstić information content (AvgIpc) is 2.97. The second-order valence-corrected chi connectivity index (χ2v) is 3.65. The van der Waals surface area contributed by atoms with Crippen molar-refractivity contribution in [2.45, 2.75) is 0 Å². The molecule has 3 rings (SSSR count). The number of thiocarbonyl (C=S) groups is 1. The van der Waals surface area contributed by atoms with Crippen LogP contribution in [-0.2, 0) is 0 Å². The van der Waals surface area contributed by atoms with Gasteiger partial charge in [0.1, 0.15) is 0 Å². The topological polar surface area (TPSA) is 54.2 Å². The van der Waals surface area contributed by atoms with E-state index >= 15 is 0 Å². The number of nitrogens with zero attached hydrogens (tertiary/aromatic N) is 2. The number of furan rings is 1. The lowest BCUT2D eigenvalue weighted by atomic mass is 10.3. The quantitative estimate of drug-likeness (QED) is 0.551. The van der Waals surface area contributed by atoms with Gasteiger partial charge in [0.25, 0.3) is 0 Å². The first-order chi connectivity index (χ1) is 8.36. The largest absolute Gasteiger partial charge is 0.461 e. The number of H-pyrrole nitrogens is 1. The van der Waals surface area contributed by atoms with Crippen LogP contribution in [0, 0.1) is 0 Å². The van der Waals surface area contributed by atoms with Gasteiger partial charge in [-0.3, -0.25) is 0 Å². The third-order valence-electron chi connectivity index (χ3n) is 2.39. The highest BCUT2D eigenvalue weighted by Gasteiger charge is 2.07. The van der Waals surface area contributed by atoms with Crippen LogP contribution in [0.1, 0.15) is 0 Å². The van der Waals surface area contributed by atoms with Crippen LogP contribution in [0.2, 0.25) is 0 Å². The molecule has 0 radical (unpaired) electrons. The SMILES string of the molecule is S=C=Nc1ccc2nc(-c3ccco3)[nH]c2c1. The maximum atomic E-state index is 5.28. The maximum absolute atomic E-state index is 5.28. The van der Waals surface area contributed by atoms with Crippen molar-refractivity contribution in [1.82, 2.24) is 9.97 Å². The number of hydrogen-bond donors (Lipinski definition) is 1. The van der Waals surface area contributed by atoms with E-state index in [1.54, 1.807) is 6.26 Å². The molecule has 0 saturated carbocycles. The molecule has 5 heteroatoms. The van der Waals surface area contributed by atoms with Crippen LogP contribution in [0.3, 0.4) is 0 Å². The van der Waals surface area contributed by atoms with E-state index in [0.29, 0.717) is 11.6 Å². The third-order valence-corrected chi connectivity index (χ3v) is 2.49. The Morgan fingerprint density at radius 3 is 3.06 bits per heavy atom. The van der Waals surface area contributed by atoms with Crippen molar-refractivity contribution >= 4 is 34.1 Å². The molecule has 0 saturated heterocycles. The number of benzene rings is 1. The van der Waals surface area contributed by atoms with Crippen molar-refractivity contribution in [3.8, 4) is 11.6 Å². The molecule has 0 spiro atoms. The molecule has 0 fully saturated rings. The van der Waals surface area contributed by atoms with Crippen molar-refractivity contribution < 1.29 is 4.42 Å². The average molecular weight is 241 g/mol. The fourth-order valence-corrected chi connectivity index (χ4v) is 1.76. The van der Waals surface area contributed by atoms with E-state index in [0.717, 1.165) is 16.7 Å². The molecule has 0 bridgehead atoms. The third kappa shape index (κ3) is 1.78. The predicted octanol–water partition coefficient (Wildman–Crippen LogP) is 3.56. The highest BCUT2D eigenvalue weighted by molar-refractivity contribution is 7.78. The van der Waals surface area contributed by atoms with E-state index in [4.69, 9.17) is 4.42 Å². The smallest absolute Gasteiger partial charge is 0.174 e. The number of isothiocyanates is 1. The van der Waals surface area contributed by atoms with E-state index < -0.39 is 0 Å². The normalized spacial score (nSPS) is 10.4. The minimum absolute atomic E-state index is 0.702. The van der Waals surface area contributed by atoms with Crippen molar-refractivity contribution in [2.75, 3.05) is 0 Å². The van der Waals surface area contributed by atoms with Crippen LogP contribution in [0.15, 0.2) is 46.0 Å². The zero-order valence-corrected chi connectivity index (χ0v) is 9.49. The van der Waals surface area contributed by atoms with E-state index in [2.05, 4.69) is 32.3 Å². The van der Waals surface area contributed by atoms with Crippen LogP contribution >= 0.6 is 12.2 Å². The van der Waals surface area contributed by atoms with Gasteiger partial charge in [-0.1, -0.05) is 0 Å². The van der Waals surface area contributed by atoms with Gasteiger partial charge in [-0.2, -0.15) is 4.99 Å². The first-order valence-corrected chi connectivity index (χ1v) is 5.39. The number of aliphatic imine (C=N–C) groups is 1. The molecule has 1 N–H and O–H groups in total. The van der Waals surface area contributed by atoms with E-state index in [9.17, 15) is 0 Å². The Hall–Kier alpha value is -2.23. The molecular formula is C12H7N3OS. The molecule has 2 aromatic heterocycles. The number of nitrogens with one attached hydrogen (secondary N) is 1. The number of fused-ring (bicyclic) bond motifs is 1. The number of rotatable bonds is 2. The molecule has 0 aliphatic rings. The van der Waals surface area contributed by atoms with Gasteiger partial charge in [0.2, 0.25) is 0 Å². The summed E-state index contributed by atoms with van der Waals surface area (Å²) in [5.74, 6) is 1.41. The Labute approximate surface area is 102 Å². The molecule has 0 unspecified atom stereocenters. The summed E-state index contributed by atoms with van der Waals surface area (Å²) in [4.78, 5) is 11.5. The highest BCUT2D eigenvalue weighted by atomic mass is 32.1. The van der Waals surface area contributed by atoms with Crippen LogP contribution in [0.4, 0.5) is 5.69 Å². The molecule has 82 valence electrons. The van der Waals surface area contributed by atoms with Crippen molar-refractivity contribution in [3.05, 3.63) is 36.6 Å². The maximum Gasteiger partial charge on any atom is 0.174 e. The van der Waals surface area contributed by atoms with Gasteiger partial charge >= 0.3 is 0 Å². The first kappa shape index (κ1) is 9.96. The fourth-order valence-electron chi connectivity index (χ4n) is 1.65. The number of aromatic nitrogens is 2. The molecule has 0 aliphatic heterocycles. The Morgan fingerprint density at radius 1 is 1.35 bits per heavy atom. The molecule has 17 heavy (non-hydrogen) atoms. The van der Waals surface area contributed by atoms with E-state index in [1.165, 1.54) is 0 Å². The van der Waals surface area contributed by atoms with E-state index in [-0.39, 0.29) is 0 Å². The van der Waals surface area contributed by atoms with Gasteiger partial charge < -0.3 is 9.40 Å². The molecular weight excluding hydrogens is 234 g/mol. The number of aromatic amines is 1. The second kappa shape index (κ2) is 3.97. The zero-order chi connectivity index (χ0) is 11.7. The predicted molar refractivity (Wildman–Crippen MR) is 68.5 cm³/mol. The van der Waals surface area contributed by atoms with Crippen molar-refractivity contribution in [1.29, 1.82) is 0 Å². The minimum atomic E-state index is 0.702. The van der Waals surface area contributed by atoms with Gasteiger partial charge in [-0.05, 0) is 42.5 Å². The van der Waals surface area contributed by atoms with E-state index in [1.807, 2.05) is 30.3 Å². The summed E-state index contributed by atoms with van der Waals surface area (Å²) in [6, 6.07) is 9.27. The molecule has 3 aromatic rings. The van der Waals surface area contributed by atoms with Crippen LogP contribution < -0.4 is 0 Å². The lowest BCUT2D eigenvalue weighted by Crippen LogP contribution is -1.73. The Morgan fingerprint density at radius 2 is 2.29 bits per heavy atom. The summed E-state index contributed by atoms with van der Waals surface area (Å²) in [7, 11) is 0. The summed E-state index contributed by atoms with van der Waals surface area (Å²) >= 11 is 4.57. The molecule has 0 amide bonds. The van der Waals surface area contributed by atoms with Gasteiger partial charge in [0, 0.05) is 0 Å². The monoisotopic (exact) mass is 241 g/mol. The lowest BCUT2D eigenvalue weighted by Gasteiger charge is -1.89. The van der Waals surface area contributed by atoms with Crippen molar-refractivity contribution in [3.63, 3.8) is 0 Å². The summed E-state index contributed by atoms with van der Waals surface area (Å²) in [5, 5.41) is 2.34. The molecule has 0 atom stereocenters. The Bertz CT molecular complexity index is 709. The Kier molecular flexibility index (Phi) is 2.33. The standard InChI is InChI=1S/C12H7N3OS/c17-7-13-8-3-4-9-10(6-8)15-12(14-9)11-2-1-5-16-11/h1-6H,(H,14,15). The number of imidazole rings is 1. The summed E-state index contributed by atoms with van der Waals surface area (Å²) in [6.07, 6.45) is 1.62. The summed E-state index contributed by atoms with van der Waals surface area (Å²) in [6.45, 7) is 0.